The highest BCUT2D eigenvalue weighted by Crippen LogP contribution is 2.32. The summed E-state index contributed by atoms with van der Waals surface area (Å²) in [6.07, 6.45) is 4.13. The third kappa shape index (κ3) is 2.11. The number of nitrogens with zero attached hydrogens (tertiary/aromatic N) is 3. The van der Waals surface area contributed by atoms with Gasteiger partial charge in [-0.1, -0.05) is 13.8 Å². The van der Waals surface area contributed by atoms with Crippen molar-refractivity contribution in [1.82, 2.24) is 9.97 Å². The van der Waals surface area contributed by atoms with E-state index in [1.165, 1.54) is 12.8 Å². The summed E-state index contributed by atoms with van der Waals surface area (Å²) in [6, 6.07) is 6.46. The predicted molar refractivity (Wildman–Crippen MR) is 79.2 cm³/mol. The fourth-order valence-corrected chi connectivity index (χ4v) is 3.04. The second-order valence-electron chi connectivity index (χ2n) is 5.62. The molecule has 1 unspecified atom stereocenters. The van der Waals surface area contributed by atoms with Crippen LogP contribution in [0.15, 0.2) is 24.5 Å². The second-order valence-corrected chi connectivity index (χ2v) is 5.62. The largest absolute Gasteiger partial charge is 0.399 e. The van der Waals surface area contributed by atoms with Crippen molar-refractivity contribution in [2.24, 2.45) is 5.92 Å². The lowest BCUT2D eigenvalue weighted by Crippen LogP contribution is -2.34. The van der Waals surface area contributed by atoms with Crippen molar-refractivity contribution in [3.8, 4) is 0 Å². The molecule has 1 saturated heterocycles. The Morgan fingerprint density at radius 2 is 2.16 bits per heavy atom. The number of hydrogen-bond acceptors (Lipinski definition) is 4. The molecule has 1 aromatic heterocycles. The summed E-state index contributed by atoms with van der Waals surface area (Å²) in [5, 5.41) is 1.10. The van der Waals surface area contributed by atoms with E-state index in [4.69, 9.17) is 5.73 Å². The molecule has 2 heterocycles. The minimum Gasteiger partial charge on any atom is -0.399 e. The van der Waals surface area contributed by atoms with E-state index >= 15 is 0 Å². The molecular formula is C15H20N4. The first-order valence-electron chi connectivity index (χ1n) is 6.93. The van der Waals surface area contributed by atoms with Gasteiger partial charge in [-0.3, -0.25) is 0 Å². The zero-order chi connectivity index (χ0) is 13.4. The van der Waals surface area contributed by atoms with E-state index in [9.17, 15) is 0 Å². The monoisotopic (exact) mass is 256 g/mol. The molecule has 100 valence electrons. The summed E-state index contributed by atoms with van der Waals surface area (Å²) in [5.74, 6) is 1.70. The normalized spacial score (nSPS) is 19.5. The maximum absolute atomic E-state index is 5.83. The Balaban J connectivity index is 2.09. The van der Waals surface area contributed by atoms with Gasteiger partial charge >= 0.3 is 0 Å². The number of benzene rings is 1. The summed E-state index contributed by atoms with van der Waals surface area (Å²) >= 11 is 0. The van der Waals surface area contributed by atoms with Crippen molar-refractivity contribution in [3.05, 3.63) is 24.5 Å². The molecule has 4 nitrogen and oxygen atoms in total. The van der Waals surface area contributed by atoms with Crippen molar-refractivity contribution in [2.45, 2.75) is 32.7 Å². The first-order chi connectivity index (χ1) is 9.16. The van der Waals surface area contributed by atoms with E-state index in [2.05, 4.69) is 28.7 Å². The molecule has 0 amide bonds. The Bertz CT molecular complexity index is 594. The van der Waals surface area contributed by atoms with Crippen LogP contribution in [-0.4, -0.2) is 22.6 Å². The quantitative estimate of drug-likeness (QED) is 0.839. The van der Waals surface area contributed by atoms with Crippen molar-refractivity contribution in [1.29, 1.82) is 0 Å². The number of nitrogens with two attached hydrogens (primary N) is 1. The highest BCUT2D eigenvalue weighted by Gasteiger charge is 2.29. The lowest BCUT2D eigenvalue weighted by atomic mass is 10.0. The minimum atomic E-state index is 0.579. The molecule has 1 fully saturated rings. The smallest absolute Gasteiger partial charge is 0.140 e. The van der Waals surface area contributed by atoms with E-state index in [1.54, 1.807) is 6.33 Å². The Morgan fingerprint density at radius 3 is 2.95 bits per heavy atom. The van der Waals surface area contributed by atoms with Gasteiger partial charge in [0.2, 0.25) is 0 Å². The Kier molecular flexibility index (Phi) is 3.01. The summed E-state index contributed by atoms with van der Waals surface area (Å²) < 4.78 is 0. The highest BCUT2D eigenvalue weighted by atomic mass is 15.2. The number of rotatable bonds is 2. The zero-order valence-electron chi connectivity index (χ0n) is 11.5. The van der Waals surface area contributed by atoms with Gasteiger partial charge in [-0.15, -0.1) is 0 Å². The number of fused-ring (bicyclic) bond motifs is 1. The molecule has 2 N–H and O–H groups in total. The van der Waals surface area contributed by atoms with Crippen LogP contribution in [-0.2, 0) is 0 Å². The topological polar surface area (TPSA) is 55.0 Å². The average Bonchev–Trinajstić information content (AvgIpc) is 2.86. The van der Waals surface area contributed by atoms with Gasteiger partial charge in [-0.25, -0.2) is 9.97 Å². The van der Waals surface area contributed by atoms with Gasteiger partial charge in [0.15, 0.2) is 0 Å². The van der Waals surface area contributed by atoms with Gasteiger partial charge < -0.3 is 10.6 Å². The lowest BCUT2D eigenvalue weighted by Gasteiger charge is -2.29. The average molecular weight is 256 g/mol. The van der Waals surface area contributed by atoms with Crippen molar-refractivity contribution >= 4 is 22.4 Å². The molecule has 1 atom stereocenters. The fourth-order valence-electron chi connectivity index (χ4n) is 3.04. The molecular weight excluding hydrogens is 236 g/mol. The van der Waals surface area contributed by atoms with Crippen LogP contribution in [0.25, 0.3) is 10.9 Å². The molecule has 2 aromatic rings. The first kappa shape index (κ1) is 12.2. The van der Waals surface area contributed by atoms with Gasteiger partial charge in [-0.05, 0) is 37.0 Å². The molecule has 1 aliphatic heterocycles. The van der Waals surface area contributed by atoms with Crippen molar-refractivity contribution < 1.29 is 0 Å². The minimum absolute atomic E-state index is 0.579. The Labute approximate surface area is 113 Å². The van der Waals surface area contributed by atoms with Gasteiger partial charge in [0.25, 0.3) is 0 Å². The molecule has 1 aromatic carbocycles. The van der Waals surface area contributed by atoms with Crippen LogP contribution >= 0.6 is 0 Å². The maximum Gasteiger partial charge on any atom is 0.140 e. The number of anilines is 2. The maximum atomic E-state index is 5.83. The second kappa shape index (κ2) is 4.68. The number of aromatic nitrogens is 2. The molecule has 19 heavy (non-hydrogen) atoms. The Morgan fingerprint density at radius 1 is 1.32 bits per heavy atom. The number of hydrogen-bond donors (Lipinski definition) is 1. The molecule has 4 heteroatoms. The third-order valence-corrected chi connectivity index (χ3v) is 3.98. The van der Waals surface area contributed by atoms with Crippen LogP contribution in [0.1, 0.15) is 26.7 Å². The van der Waals surface area contributed by atoms with Crippen LogP contribution in [0.3, 0.4) is 0 Å². The molecule has 1 aliphatic rings. The fraction of sp³-hybridized carbons (Fsp3) is 0.467. The highest BCUT2D eigenvalue weighted by molar-refractivity contribution is 5.91. The molecule has 0 spiro atoms. The summed E-state index contributed by atoms with van der Waals surface area (Å²) in [4.78, 5) is 11.3. The van der Waals surface area contributed by atoms with Crippen LogP contribution in [0, 0.1) is 5.92 Å². The standard InChI is InChI=1S/C15H20N4/c1-10(2)14-4-3-7-19(14)15-12-6-5-11(16)8-13(12)17-9-18-15/h5-6,8-10,14H,3-4,7,16H2,1-2H3. The van der Waals surface area contributed by atoms with Gasteiger partial charge in [-0.2, -0.15) is 0 Å². The van der Waals surface area contributed by atoms with Gasteiger partial charge in [0.05, 0.1) is 5.52 Å². The molecule has 3 rings (SSSR count). The molecule has 0 aliphatic carbocycles. The summed E-state index contributed by atoms with van der Waals surface area (Å²) in [6.45, 7) is 5.65. The predicted octanol–water partition coefficient (Wildman–Crippen LogP) is 2.84. The number of nitrogen functional groups attached to an aromatic ring is 1. The third-order valence-electron chi connectivity index (χ3n) is 3.98. The molecule has 0 radical (unpaired) electrons. The van der Waals surface area contributed by atoms with Crippen molar-refractivity contribution in [2.75, 3.05) is 17.2 Å². The van der Waals surface area contributed by atoms with E-state index in [1.807, 2.05) is 18.2 Å². The lowest BCUT2D eigenvalue weighted by molar-refractivity contribution is 0.490. The zero-order valence-corrected chi connectivity index (χ0v) is 11.5. The van der Waals surface area contributed by atoms with E-state index in [0.717, 1.165) is 29.0 Å². The van der Waals surface area contributed by atoms with Crippen LogP contribution in [0.4, 0.5) is 11.5 Å². The molecule has 0 saturated carbocycles. The SMILES string of the molecule is CC(C)C1CCCN1c1ncnc2cc(N)ccc12. The molecule has 0 bridgehead atoms. The van der Waals surface area contributed by atoms with Gasteiger partial charge in [0.1, 0.15) is 12.1 Å². The van der Waals surface area contributed by atoms with E-state index in [-0.39, 0.29) is 0 Å². The van der Waals surface area contributed by atoms with Gasteiger partial charge in [0, 0.05) is 23.7 Å². The summed E-state index contributed by atoms with van der Waals surface area (Å²) in [7, 11) is 0. The Hall–Kier alpha value is -1.84. The van der Waals surface area contributed by atoms with Crippen molar-refractivity contribution in [3.63, 3.8) is 0 Å². The first-order valence-corrected chi connectivity index (χ1v) is 6.93. The van der Waals surface area contributed by atoms with Crippen LogP contribution in [0.2, 0.25) is 0 Å². The van der Waals surface area contributed by atoms with Crippen LogP contribution in [0.5, 0.6) is 0 Å². The van der Waals surface area contributed by atoms with E-state index < -0.39 is 0 Å². The summed E-state index contributed by atoms with van der Waals surface area (Å²) in [5.41, 5.74) is 7.51. The van der Waals surface area contributed by atoms with E-state index in [0.29, 0.717) is 12.0 Å². The van der Waals surface area contributed by atoms with Crippen LogP contribution < -0.4 is 10.6 Å².